The average Bonchev–Trinajstić information content (AvgIpc) is 3.52. The first kappa shape index (κ1) is 25.9. The largest absolute Gasteiger partial charge is 0.236 e. The Morgan fingerprint density at radius 3 is 1.81 bits per heavy atom. The molecular weight excluding hydrogens is 545 g/mol. The van der Waals surface area contributed by atoms with Crippen molar-refractivity contribution in [3.05, 3.63) is 138 Å². The van der Waals surface area contributed by atoms with Crippen LogP contribution in [0.5, 0.6) is 0 Å². The maximum atomic E-state index is 9.65. The first-order chi connectivity index (χ1) is 21.1. The number of nitriles is 3. The van der Waals surface area contributed by atoms with Crippen LogP contribution >= 0.6 is 11.3 Å². The van der Waals surface area contributed by atoms with Crippen molar-refractivity contribution < 1.29 is 0 Å². The summed E-state index contributed by atoms with van der Waals surface area (Å²) >= 11 is 1.65. The van der Waals surface area contributed by atoms with Crippen molar-refractivity contribution in [2.24, 2.45) is 0 Å². The average molecular weight is 565 g/mol. The van der Waals surface area contributed by atoms with Gasteiger partial charge in [0.25, 0.3) is 0 Å². The van der Waals surface area contributed by atoms with E-state index in [1.807, 2.05) is 42.5 Å². The highest BCUT2D eigenvalue weighted by molar-refractivity contribution is 7.21. The highest BCUT2D eigenvalue weighted by atomic mass is 32.1. The number of aromatic nitrogens is 1. The molecule has 0 bridgehead atoms. The quantitative estimate of drug-likeness (QED) is 0.213. The maximum absolute atomic E-state index is 9.65. The molecule has 0 aliphatic rings. The van der Waals surface area contributed by atoms with Gasteiger partial charge in [-0.15, -0.1) is 11.3 Å². The molecule has 0 saturated heterocycles. The fourth-order valence-electron chi connectivity index (χ4n) is 5.34. The Kier molecular flexibility index (Phi) is 6.46. The second kappa shape index (κ2) is 10.7. The maximum Gasteiger partial charge on any atom is 0.124 e. The van der Waals surface area contributed by atoms with Gasteiger partial charge in [-0.25, -0.2) is 4.98 Å². The van der Waals surface area contributed by atoms with E-state index in [-0.39, 0.29) is 0 Å². The lowest BCUT2D eigenvalue weighted by Crippen LogP contribution is -1.89. The minimum absolute atomic E-state index is 0.357. The van der Waals surface area contributed by atoms with Gasteiger partial charge in [0.2, 0.25) is 0 Å². The van der Waals surface area contributed by atoms with E-state index in [0.29, 0.717) is 16.7 Å². The van der Waals surface area contributed by atoms with Crippen LogP contribution in [0.2, 0.25) is 0 Å². The second-order valence-corrected chi connectivity index (χ2v) is 11.3. The summed E-state index contributed by atoms with van der Waals surface area (Å²) in [6.45, 7) is 0. The van der Waals surface area contributed by atoms with Gasteiger partial charge in [-0.05, 0) is 105 Å². The van der Waals surface area contributed by atoms with Crippen LogP contribution in [0.3, 0.4) is 0 Å². The van der Waals surface area contributed by atoms with E-state index in [1.165, 1.54) is 0 Å². The van der Waals surface area contributed by atoms with E-state index < -0.39 is 0 Å². The predicted octanol–water partition coefficient (Wildman–Crippen LogP) is 9.73. The molecule has 1 heterocycles. The molecule has 0 N–H and O–H groups in total. The number of hydrogen-bond donors (Lipinski definition) is 0. The SMILES string of the molecule is N#Cc1ccc2cc(-c3ccc(-c4cc(-c5ccc(C#N)c(C#N)c5)cc(-c5nc6ccccc6s5)c4)cc3)ccc2c1. The number of benzene rings is 6. The van der Waals surface area contributed by atoms with Crippen LogP contribution in [0, 0.1) is 34.0 Å². The van der Waals surface area contributed by atoms with Crippen LogP contribution in [0.1, 0.15) is 16.7 Å². The Balaban J connectivity index is 1.32. The van der Waals surface area contributed by atoms with E-state index in [1.54, 1.807) is 23.5 Å². The van der Waals surface area contributed by atoms with Crippen molar-refractivity contribution in [3.63, 3.8) is 0 Å². The summed E-state index contributed by atoms with van der Waals surface area (Å²) in [6, 6.07) is 46.9. The van der Waals surface area contributed by atoms with Crippen LogP contribution in [0.15, 0.2) is 121 Å². The van der Waals surface area contributed by atoms with Crippen LogP contribution in [-0.2, 0) is 0 Å². The summed E-state index contributed by atoms with van der Waals surface area (Å²) in [5, 5.41) is 31.3. The van der Waals surface area contributed by atoms with Crippen molar-refractivity contribution in [1.82, 2.24) is 4.98 Å². The summed E-state index contributed by atoms with van der Waals surface area (Å²) in [5.41, 5.74) is 9.44. The Bertz CT molecular complexity index is 2290. The highest BCUT2D eigenvalue weighted by Gasteiger charge is 2.13. The molecule has 0 aliphatic carbocycles. The van der Waals surface area contributed by atoms with Gasteiger partial charge in [0.1, 0.15) is 17.1 Å². The molecule has 43 heavy (non-hydrogen) atoms. The topological polar surface area (TPSA) is 84.3 Å². The number of hydrogen-bond acceptors (Lipinski definition) is 5. The molecule has 0 aliphatic heterocycles. The molecule has 7 rings (SSSR count). The fraction of sp³-hybridized carbons (Fsp3) is 0. The third-order valence-electron chi connectivity index (χ3n) is 7.59. The van der Waals surface area contributed by atoms with E-state index in [9.17, 15) is 15.8 Å². The van der Waals surface area contributed by atoms with Gasteiger partial charge >= 0.3 is 0 Å². The highest BCUT2D eigenvalue weighted by Crippen LogP contribution is 2.37. The van der Waals surface area contributed by atoms with E-state index >= 15 is 0 Å². The van der Waals surface area contributed by atoms with Gasteiger partial charge in [-0.1, -0.05) is 60.7 Å². The zero-order valence-corrected chi connectivity index (χ0v) is 23.6. The molecule has 0 saturated carbocycles. The zero-order chi connectivity index (χ0) is 29.3. The molecule has 0 amide bonds. The molecule has 0 fully saturated rings. The summed E-state index contributed by atoms with van der Waals surface area (Å²) in [7, 11) is 0. The third kappa shape index (κ3) is 4.90. The van der Waals surface area contributed by atoms with Gasteiger partial charge in [0, 0.05) is 5.56 Å². The van der Waals surface area contributed by atoms with Crippen LogP contribution in [-0.4, -0.2) is 4.98 Å². The number of fused-ring (bicyclic) bond motifs is 2. The predicted molar refractivity (Wildman–Crippen MR) is 173 cm³/mol. The number of para-hydroxylation sites is 1. The lowest BCUT2D eigenvalue weighted by atomic mass is 9.93. The molecule has 0 radical (unpaired) electrons. The Morgan fingerprint density at radius 2 is 1.07 bits per heavy atom. The Labute approximate surface area is 252 Å². The van der Waals surface area contributed by atoms with Gasteiger partial charge in [-0.3, -0.25) is 0 Å². The molecule has 6 aromatic carbocycles. The summed E-state index contributed by atoms with van der Waals surface area (Å²) in [6.07, 6.45) is 0. The number of rotatable bonds is 4. The number of nitrogens with zero attached hydrogens (tertiary/aromatic N) is 4. The lowest BCUT2D eigenvalue weighted by Gasteiger charge is -2.11. The normalized spacial score (nSPS) is 10.7. The van der Waals surface area contributed by atoms with Crippen molar-refractivity contribution in [1.29, 1.82) is 15.8 Å². The molecule has 5 heteroatoms. The lowest BCUT2D eigenvalue weighted by molar-refractivity contribution is 1.43. The minimum atomic E-state index is 0.357. The summed E-state index contributed by atoms with van der Waals surface area (Å²) < 4.78 is 1.12. The molecule has 198 valence electrons. The first-order valence-electron chi connectivity index (χ1n) is 13.6. The van der Waals surface area contributed by atoms with Crippen molar-refractivity contribution in [2.45, 2.75) is 0 Å². The molecular formula is C38H20N4S. The monoisotopic (exact) mass is 564 g/mol. The van der Waals surface area contributed by atoms with E-state index in [0.717, 1.165) is 64.9 Å². The van der Waals surface area contributed by atoms with Gasteiger partial charge in [0.15, 0.2) is 0 Å². The van der Waals surface area contributed by atoms with E-state index in [4.69, 9.17) is 4.98 Å². The number of thiazole rings is 1. The standard InChI is InChI=1S/C38H20N4S/c39-21-24-5-6-29-16-28(12-11-27(29)15-24)25-7-9-26(10-8-25)32-18-33(30-13-14-31(22-40)35(17-30)23-41)20-34(19-32)38-42-36-3-1-2-4-37(36)43-38/h1-20H. The Hall–Kier alpha value is -6.06. The smallest absolute Gasteiger partial charge is 0.124 e. The molecule has 0 unspecified atom stereocenters. The van der Waals surface area contributed by atoms with E-state index in [2.05, 4.69) is 84.9 Å². The van der Waals surface area contributed by atoms with Crippen LogP contribution in [0.25, 0.3) is 64.9 Å². The minimum Gasteiger partial charge on any atom is -0.236 e. The molecule has 1 aromatic heterocycles. The van der Waals surface area contributed by atoms with Gasteiger partial charge < -0.3 is 0 Å². The molecule has 4 nitrogen and oxygen atoms in total. The van der Waals surface area contributed by atoms with Crippen LogP contribution in [0.4, 0.5) is 0 Å². The fourth-order valence-corrected chi connectivity index (χ4v) is 6.30. The zero-order valence-electron chi connectivity index (χ0n) is 22.7. The third-order valence-corrected chi connectivity index (χ3v) is 8.67. The summed E-state index contributed by atoms with van der Waals surface area (Å²) in [5.74, 6) is 0. The molecule has 0 spiro atoms. The Morgan fingerprint density at radius 1 is 0.465 bits per heavy atom. The second-order valence-electron chi connectivity index (χ2n) is 10.2. The van der Waals surface area contributed by atoms with Gasteiger partial charge in [0.05, 0.1) is 33.0 Å². The molecule has 0 atom stereocenters. The van der Waals surface area contributed by atoms with Crippen molar-refractivity contribution >= 4 is 32.3 Å². The van der Waals surface area contributed by atoms with Gasteiger partial charge in [-0.2, -0.15) is 15.8 Å². The van der Waals surface area contributed by atoms with Crippen molar-refractivity contribution in [3.8, 4) is 62.2 Å². The van der Waals surface area contributed by atoms with Crippen molar-refractivity contribution in [2.75, 3.05) is 0 Å². The summed E-state index contributed by atoms with van der Waals surface area (Å²) in [4.78, 5) is 4.91. The molecule has 7 aromatic rings. The first-order valence-corrected chi connectivity index (χ1v) is 14.4. The van der Waals surface area contributed by atoms with Crippen LogP contribution < -0.4 is 0 Å².